The zero-order valence-electron chi connectivity index (χ0n) is 11.3. The second-order valence-corrected chi connectivity index (χ2v) is 5.68. The maximum Gasteiger partial charge on any atom is 0.0948 e. The van der Waals surface area contributed by atoms with E-state index in [2.05, 4.69) is 57.0 Å². The maximum absolute atomic E-state index is 11.0. The summed E-state index contributed by atoms with van der Waals surface area (Å²) in [5, 5.41) is 11.0. The van der Waals surface area contributed by atoms with Gasteiger partial charge >= 0.3 is 0 Å². The van der Waals surface area contributed by atoms with Gasteiger partial charge in [-0.05, 0) is 32.9 Å². The van der Waals surface area contributed by atoms with E-state index in [0.29, 0.717) is 6.04 Å². The van der Waals surface area contributed by atoms with E-state index in [9.17, 15) is 5.11 Å². The Morgan fingerprint density at radius 2 is 1.82 bits per heavy atom. The van der Waals surface area contributed by atoms with Gasteiger partial charge in [-0.15, -0.1) is 0 Å². The van der Waals surface area contributed by atoms with Crippen LogP contribution in [0.5, 0.6) is 0 Å². The molecule has 0 bridgehead atoms. The Hall–Kier alpha value is -0.860. The third-order valence-corrected chi connectivity index (χ3v) is 4.29. The van der Waals surface area contributed by atoms with Crippen molar-refractivity contribution in [2.75, 3.05) is 13.6 Å². The first kappa shape index (κ1) is 12.6. The van der Waals surface area contributed by atoms with Gasteiger partial charge in [-0.1, -0.05) is 36.8 Å². The fourth-order valence-electron chi connectivity index (χ4n) is 2.81. The molecule has 1 fully saturated rings. The summed E-state index contributed by atoms with van der Waals surface area (Å²) < 4.78 is 0. The van der Waals surface area contributed by atoms with Gasteiger partial charge in [0.25, 0.3) is 0 Å². The fourth-order valence-corrected chi connectivity index (χ4v) is 2.81. The molecule has 17 heavy (non-hydrogen) atoms. The summed E-state index contributed by atoms with van der Waals surface area (Å²) in [6.45, 7) is 7.35. The molecule has 1 aromatic carbocycles. The van der Waals surface area contributed by atoms with Gasteiger partial charge in [-0.3, -0.25) is 0 Å². The molecule has 0 amide bonds. The van der Waals surface area contributed by atoms with Crippen molar-refractivity contribution in [3.8, 4) is 0 Å². The van der Waals surface area contributed by atoms with E-state index in [-0.39, 0.29) is 5.92 Å². The normalized spacial score (nSPS) is 34.9. The summed E-state index contributed by atoms with van der Waals surface area (Å²) in [5.74, 6) is 0.270. The summed E-state index contributed by atoms with van der Waals surface area (Å²) in [4.78, 5) is 2.33. The van der Waals surface area contributed by atoms with Crippen LogP contribution in [0, 0.1) is 12.8 Å². The van der Waals surface area contributed by atoms with Gasteiger partial charge in [-0.25, -0.2) is 0 Å². The average Bonchev–Trinajstić information content (AvgIpc) is 2.27. The summed E-state index contributed by atoms with van der Waals surface area (Å²) in [6.07, 6.45) is 0.813. The molecule has 0 aliphatic carbocycles. The first-order chi connectivity index (χ1) is 7.93. The van der Waals surface area contributed by atoms with Crippen LogP contribution in [0.25, 0.3) is 0 Å². The molecule has 1 aliphatic rings. The number of rotatable bonds is 1. The first-order valence-electron chi connectivity index (χ1n) is 6.43. The highest BCUT2D eigenvalue weighted by Crippen LogP contribution is 2.39. The lowest BCUT2D eigenvalue weighted by Crippen LogP contribution is -2.51. The predicted octanol–water partition coefficient (Wildman–Crippen LogP) is 2.54. The SMILES string of the molecule is Cc1ccc([C@]2(O)C[C@@H](C)N(C)C[C@@H]2C)cc1. The zero-order chi connectivity index (χ0) is 12.6. The van der Waals surface area contributed by atoms with E-state index in [4.69, 9.17) is 0 Å². The first-order valence-corrected chi connectivity index (χ1v) is 6.43. The van der Waals surface area contributed by atoms with E-state index in [1.807, 2.05) is 0 Å². The number of aliphatic hydroxyl groups is 1. The van der Waals surface area contributed by atoms with Gasteiger partial charge in [0.2, 0.25) is 0 Å². The van der Waals surface area contributed by atoms with Gasteiger partial charge in [0, 0.05) is 18.5 Å². The molecular weight excluding hydrogens is 210 g/mol. The number of hydrogen-bond acceptors (Lipinski definition) is 2. The molecule has 0 saturated carbocycles. The third kappa shape index (κ3) is 2.24. The van der Waals surface area contributed by atoms with Crippen molar-refractivity contribution in [1.29, 1.82) is 0 Å². The van der Waals surface area contributed by atoms with Crippen LogP contribution in [0.4, 0.5) is 0 Å². The van der Waals surface area contributed by atoms with Crippen LogP contribution in [-0.2, 0) is 5.60 Å². The molecule has 2 heteroatoms. The van der Waals surface area contributed by atoms with Gasteiger partial charge in [0.1, 0.15) is 0 Å². The topological polar surface area (TPSA) is 23.5 Å². The van der Waals surface area contributed by atoms with Crippen LogP contribution in [0.3, 0.4) is 0 Å². The molecule has 1 saturated heterocycles. The zero-order valence-corrected chi connectivity index (χ0v) is 11.3. The molecule has 0 radical (unpaired) electrons. The van der Waals surface area contributed by atoms with E-state index < -0.39 is 5.60 Å². The van der Waals surface area contributed by atoms with Crippen molar-refractivity contribution in [1.82, 2.24) is 4.90 Å². The van der Waals surface area contributed by atoms with Crippen LogP contribution < -0.4 is 0 Å². The number of aryl methyl sites for hydroxylation is 1. The highest BCUT2D eigenvalue weighted by Gasteiger charge is 2.42. The molecule has 1 aromatic rings. The minimum atomic E-state index is -0.667. The molecule has 1 heterocycles. The second kappa shape index (κ2) is 4.43. The van der Waals surface area contributed by atoms with Crippen molar-refractivity contribution < 1.29 is 5.11 Å². The number of benzene rings is 1. The quantitative estimate of drug-likeness (QED) is 0.806. The summed E-state index contributed by atoms with van der Waals surface area (Å²) in [7, 11) is 2.13. The molecule has 0 aromatic heterocycles. The Kier molecular flexibility index (Phi) is 3.28. The lowest BCUT2D eigenvalue weighted by Gasteiger charge is -2.46. The van der Waals surface area contributed by atoms with Crippen molar-refractivity contribution in [3.05, 3.63) is 35.4 Å². The van der Waals surface area contributed by atoms with Crippen molar-refractivity contribution in [2.45, 2.75) is 38.8 Å². The highest BCUT2D eigenvalue weighted by atomic mass is 16.3. The lowest BCUT2D eigenvalue weighted by atomic mass is 9.74. The number of hydrogen-bond donors (Lipinski definition) is 1. The second-order valence-electron chi connectivity index (χ2n) is 5.68. The molecule has 2 rings (SSSR count). The molecule has 0 unspecified atom stereocenters. The molecule has 0 spiro atoms. The standard InChI is InChI=1S/C15H23NO/c1-11-5-7-14(8-6-11)15(17)9-13(3)16(4)10-12(15)2/h5-8,12-13,17H,9-10H2,1-4H3/t12-,13+,15-/m0/s1. The van der Waals surface area contributed by atoms with Crippen LogP contribution in [0.1, 0.15) is 31.4 Å². The number of likely N-dealkylation sites (tertiary alicyclic amines) is 1. The third-order valence-electron chi connectivity index (χ3n) is 4.29. The number of piperidine rings is 1. The van der Waals surface area contributed by atoms with E-state index in [1.165, 1.54) is 5.56 Å². The van der Waals surface area contributed by atoms with Crippen LogP contribution in [0.2, 0.25) is 0 Å². The van der Waals surface area contributed by atoms with Crippen LogP contribution in [-0.4, -0.2) is 29.6 Å². The summed E-state index contributed by atoms with van der Waals surface area (Å²) in [6, 6.07) is 8.75. The van der Waals surface area contributed by atoms with E-state index >= 15 is 0 Å². The van der Waals surface area contributed by atoms with E-state index in [1.54, 1.807) is 0 Å². The minimum absolute atomic E-state index is 0.270. The number of nitrogens with zero attached hydrogens (tertiary/aromatic N) is 1. The van der Waals surface area contributed by atoms with Gasteiger partial charge < -0.3 is 10.0 Å². The molecule has 1 aliphatic heterocycles. The largest absolute Gasteiger partial charge is 0.385 e. The van der Waals surface area contributed by atoms with Gasteiger partial charge in [0.05, 0.1) is 5.60 Å². The Balaban J connectivity index is 2.31. The van der Waals surface area contributed by atoms with Crippen LogP contribution in [0.15, 0.2) is 24.3 Å². The van der Waals surface area contributed by atoms with Crippen molar-refractivity contribution in [2.24, 2.45) is 5.92 Å². The Morgan fingerprint density at radius 1 is 1.24 bits per heavy atom. The fraction of sp³-hybridized carbons (Fsp3) is 0.600. The van der Waals surface area contributed by atoms with E-state index in [0.717, 1.165) is 18.5 Å². The maximum atomic E-state index is 11.0. The molecule has 1 N–H and O–H groups in total. The molecule has 94 valence electrons. The van der Waals surface area contributed by atoms with Gasteiger partial charge in [0.15, 0.2) is 0 Å². The minimum Gasteiger partial charge on any atom is -0.385 e. The Bertz CT molecular complexity index is 386. The average molecular weight is 233 g/mol. The van der Waals surface area contributed by atoms with Crippen LogP contribution >= 0.6 is 0 Å². The summed E-state index contributed by atoms with van der Waals surface area (Å²) in [5.41, 5.74) is 1.64. The molecule has 2 nitrogen and oxygen atoms in total. The predicted molar refractivity (Wildman–Crippen MR) is 70.9 cm³/mol. The van der Waals surface area contributed by atoms with Crippen molar-refractivity contribution in [3.63, 3.8) is 0 Å². The highest BCUT2D eigenvalue weighted by molar-refractivity contribution is 5.28. The lowest BCUT2D eigenvalue weighted by molar-refractivity contribution is -0.0843. The Morgan fingerprint density at radius 3 is 2.41 bits per heavy atom. The van der Waals surface area contributed by atoms with Crippen molar-refractivity contribution >= 4 is 0 Å². The monoisotopic (exact) mass is 233 g/mol. The van der Waals surface area contributed by atoms with Gasteiger partial charge in [-0.2, -0.15) is 0 Å². The molecule has 3 atom stereocenters. The smallest absolute Gasteiger partial charge is 0.0948 e. The Labute approximate surface area is 104 Å². The summed E-state index contributed by atoms with van der Waals surface area (Å²) >= 11 is 0. The molecular formula is C15H23NO.